The molecule has 3 heterocycles. The number of amides is 1. The van der Waals surface area contributed by atoms with E-state index in [1.54, 1.807) is 29.1 Å². The molecule has 0 bridgehead atoms. The third-order valence-electron chi connectivity index (χ3n) is 4.65. The minimum atomic E-state index is -0.539. The summed E-state index contributed by atoms with van der Waals surface area (Å²) >= 11 is 0. The minimum Gasteiger partial charge on any atom is -0.486 e. The first-order valence-corrected chi connectivity index (χ1v) is 9.65. The van der Waals surface area contributed by atoms with Crippen LogP contribution in [0.25, 0.3) is 11.5 Å². The standard InChI is InChI=1S/C21H18N6O4/c1-13-2-4-14(5-3-13)11-27-12-16(24-26-27)19-23-21(31-25-19)20(28)22-15-6-7-17-18(10-15)30-9-8-29-17/h2-7,10,12H,8-9,11H2,1H3,(H,22,28). The Morgan fingerprint density at radius 2 is 1.90 bits per heavy atom. The average Bonchev–Trinajstić information content (AvgIpc) is 3.45. The van der Waals surface area contributed by atoms with Crippen molar-refractivity contribution in [3.63, 3.8) is 0 Å². The van der Waals surface area contributed by atoms with Crippen LogP contribution in [0.3, 0.4) is 0 Å². The van der Waals surface area contributed by atoms with Gasteiger partial charge in [-0.05, 0) is 24.6 Å². The maximum absolute atomic E-state index is 12.5. The summed E-state index contributed by atoms with van der Waals surface area (Å²) in [5, 5.41) is 14.7. The number of hydrogen-bond donors (Lipinski definition) is 1. The van der Waals surface area contributed by atoms with Gasteiger partial charge in [0.1, 0.15) is 13.2 Å². The fourth-order valence-corrected chi connectivity index (χ4v) is 3.08. The number of aryl methyl sites for hydroxylation is 1. The van der Waals surface area contributed by atoms with E-state index < -0.39 is 5.91 Å². The van der Waals surface area contributed by atoms with Crippen molar-refractivity contribution in [2.24, 2.45) is 0 Å². The van der Waals surface area contributed by atoms with Gasteiger partial charge in [-0.2, -0.15) is 4.98 Å². The number of rotatable bonds is 5. The summed E-state index contributed by atoms with van der Waals surface area (Å²) in [5.74, 6) is 0.668. The van der Waals surface area contributed by atoms with Crippen molar-refractivity contribution in [1.82, 2.24) is 25.1 Å². The fourth-order valence-electron chi connectivity index (χ4n) is 3.08. The van der Waals surface area contributed by atoms with Gasteiger partial charge in [0.15, 0.2) is 17.2 Å². The van der Waals surface area contributed by atoms with Crippen molar-refractivity contribution in [3.05, 3.63) is 65.7 Å². The first-order valence-electron chi connectivity index (χ1n) is 9.65. The number of benzene rings is 2. The number of carbonyl (C=O) groups is 1. The molecule has 0 atom stereocenters. The Morgan fingerprint density at radius 1 is 1.10 bits per heavy atom. The van der Waals surface area contributed by atoms with Gasteiger partial charge in [0.2, 0.25) is 5.82 Å². The molecule has 1 aliphatic heterocycles. The predicted molar refractivity (Wildman–Crippen MR) is 109 cm³/mol. The van der Waals surface area contributed by atoms with Gasteiger partial charge < -0.3 is 19.3 Å². The molecule has 10 heteroatoms. The van der Waals surface area contributed by atoms with Crippen LogP contribution in [0.15, 0.2) is 53.2 Å². The maximum Gasteiger partial charge on any atom is 0.316 e. The van der Waals surface area contributed by atoms with Crippen LogP contribution in [-0.2, 0) is 6.54 Å². The Kier molecular flexibility index (Phi) is 4.79. The number of fused-ring (bicyclic) bond motifs is 1. The lowest BCUT2D eigenvalue weighted by Crippen LogP contribution is -2.16. The summed E-state index contributed by atoms with van der Waals surface area (Å²) < 4.78 is 17.8. The predicted octanol–water partition coefficient (Wildman–Crippen LogP) is 2.71. The van der Waals surface area contributed by atoms with Gasteiger partial charge >= 0.3 is 11.8 Å². The highest BCUT2D eigenvalue weighted by Gasteiger charge is 2.19. The second kappa shape index (κ2) is 7.90. The second-order valence-electron chi connectivity index (χ2n) is 7.02. The van der Waals surface area contributed by atoms with Crippen LogP contribution in [-0.4, -0.2) is 44.3 Å². The van der Waals surface area contributed by atoms with Crippen LogP contribution >= 0.6 is 0 Å². The van der Waals surface area contributed by atoms with Crippen LogP contribution in [0.1, 0.15) is 21.8 Å². The van der Waals surface area contributed by atoms with Crippen molar-refractivity contribution in [1.29, 1.82) is 0 Å². The molecule has 5 rings (SSSR count). The zero-order chi connectivity index (χ0) is 21.2. The van der Waals surface area contributed by atoms with Gasteiger partial charge in [0.05, 0.1) is 12.7 Å². The van der Waals surface area contributed by atoms with Crippen LogP contribution in [0.4, 0.5) is 5.69 Å². The fraction of sp³-hybridized carbons (Fsp3) is 0.190. The summed E-state index contributed by atoms with van der Waals surface area (Å²) in [5.41, 5.74) is 3.22. The number of anilines is 1. The van der Waals surface area contributed by atoms with E-state index in [2.05, 4.69) is 25.8 Å². The summed E-state index contributed by atoms with van der Waals surface area (Å²) in [4.78, 5) is 16.6. The molecular weight excluding hydrogens is 400 g/mol. The monoisotopic (exact) mass is 418 g/mol. The van der Waals surface area contributed by atoms with Crippen molar-refractivity contribution < 1.29 is 18.8 Å². The van der Waals surface area contributed by atoms with Crippen molar-refractivity contribution in [2.45, 2.75) is 13.5 Å². The largest absolute Gasteiger partial charge is 0.486 e. The van der Waals surface area contributed by atoms with Gasteiger partial charge in [-0.1, -0.05) is 40.2 Å². The Bertz CT molecular complexity index is 1230. The van der Waals surface area contributed by atoms with E-state index in [-0.39, 0.29) is 11.7 Å². The first kappa shape index (κ1) is 18.8. The van der Waals surface area contributed by atoms with E-state index >= 15 is 0 Å². The zero-order valence-electron chi connectivity index (χ0n) is 16.6. The van der Waals surface area contributed by atoms with Gasteiger partial charge in [-0.15, -0.1) is 5.10 Å². The van der Waals surface area contributed by atoms with E-state index in [1.165, 1.54) is 5.56 Å². The molecule has 0 aliphatic carbocycles. The maximum atomic E-state index is 12.5. The molecule has 156 valence electrons. The highest BCUT2D eigenvalue weighted by molar-refractivity contribution is 6.01. The molecule has 1 aliphatic rings. The molecule has 0 fully saturated rings. The molecule has 2 aromatic carbocycles. The van der Waals surface area contributed by atoms with Crippen molar-refractivity contribution in [2.75, 3.05) is 18.5 Å². The lowest BCUT2D eigenvalue weighted by molar-refractivity contribution is 0.0981. The first-order chi connectivity index (χ1) is 15.1. The molecule has 1 N–H and O–H groups in total. The van der Waals surface area contributed by atoms with Crippen LogP contribution in [0, 0.1) is 6.92 Å². The van der Waals surface area contributed by atoms with Crippen molar-refractivity contribution in [3.8, 4) is 23.0 Å². The van der Waals surface area contributed by atoms with Crippen molar-refractivity contribution >= 4 is 11.6 Å². The molecule has 10 nitrogen and oxygen atoms in total. The van der Waals surface area contributed by atoms with E-state index in [0.29, 0.717) is 42.6 Å². The van der Waals surface area contributed by atoms with E-state index in [9.17, 15) is 4.79 Å². The number of nitrogens with one attached hydrogen (secondary N) is 1. The normalized spacial score (nSPS) is 12.5. The summed E-state index contributed by atoms with van der Waals surface area (Å²) in [7, 11) is 0. The Balaban J connectivity index is 1.27. The third kappa shape index (κ3) is 4.08. The number of nitrogens with zero attached hydrogens (tertiary/aromatic N) is 5. The zero-order valence-corrected chi connectivity index (χ0v) is 16.6. The molecule has 4 aromatic rings. The average molecular weight is 418 g/mol. The molecule has 31 heavy (non-hydrogen) atoms. The van der Waals surface area contributed by atoms with Gasteiger partial charge in [0, 0.05) is 11.8 Å². The molecule has 0 saturated carbocycles. The summed E-state index contributed by atoms with van der Waals surface area (Å²) in [6, 6.07) is 13.3. The van der Waals surface area contributed by atoms with E-state index in [0.717, 1.165) is 5.56 Å². The van der Waals surface area contributed by atoms with Crippen LogP contribution < -0.4 is 14.8 Å². The number of aromatic nitrogens is 5. The minimum absolute atomic E-state index is 0.182. The number of hydrogen-bond acceptors (Lipinski definition) is 8. The highest BCUT2D eigenvalue weighted by Crippen LogP contribution is 2.32. The Hall–Kier alpha value is -4.21. The molecule has 0 unspecified atom stereocenters. The molecular formula is C21H18N6O4. The molecule has 2 aromatic heterocycles. The lowest BCUT2D eigenvalue weighted by atomic mass is 10.1. The summed E-state index contributed by atoms with van der Waals surface area (Å²) in [6.07, 6.45) is 1.70. The topological polar surface area (TPSA) is 117 Å². The van der Waals surface area contributed by atoms with Gasteiger partial charge in [-0.3, -0.25) is 4.79 Å². The quantitative estimate of drug-likeness (QED) is 0.526. The number of carbonyl (C=O) groups excluding carboxylic acids is 1. The van der Waals surface area contributed by atoms with E-state index in [1.807, 2.05) is 31.2 Å². The van der Waals surface area contributed by atoms with E-state index in [4.69, 9.17) is 14.0 Å². The number of ether oxygens (including phenoxy) is 2. The second-order valence-corrected chi connectivity index (χ2v) is 7.02. The molecule has 0 spiro atoms. The molecule has 0 saturated heterocycles. The van der Waals surface area contributed by atoms with Gasteiger partial charge in [-0.25, -0.2) is 4.68 Å². The lowest BCUT2D eigenvalue weighted by Gasteiger charge is -2.18. The third-order valence-corrected chi connectivity index (χ3v) is 4.65. The Labute approximate surface area is 176 Å². The summed E-state index contributed by atoms with van der Waals surface area (Å²) in [6.45, 7) is 3.55. The Morgan fingerprint density at radius 3 is 2.74 bits per heavy atom. The van der Waals surface area contributed by atoms with Crippen LogP contribution in [0.5, 0.6) is 11.5 Å². The molecule has 0 radical (unpaired) electrons. The molecule has 1 amide bonds. The SMILES string of the molecule is Cc1ccc(Cn2cc(-c3noc(C(=O)Nc4ccc5c(c4)OCCO5)n3)nn2)cc1. The smallest absolute Gasteiger partial charge is 0.316 e. The van der Waals surface area contributed by atoms with Crippen LogP contribution in [0.2, 0.25) is 0 Å². The van der Waals surface area contributed by atoms with Gasteiger partial charge in [0.25, 0.3) is 0 Å². The highest BCUT2D eigenvalue weighted by atomic mass is 16.6.